The first-order chi connectivity index (χ1) is 15.6. The van der Waals surface area contributed by atoms with Gasteiger partial charge in [-0.15, -0.1) is 5.10 Å². The van der Waals surface area contributed by atoms with Crippen molar-refractivity contribution < 1.29 is 14.3 Å². The van der Waals surface area contributed by atoms with E-state index in [2.05, 4.69) is 22.6 Å². The van der Waals surface area contributed by atoms with E-state index in [1.807, 2.05) is 55.5 Å². The number of para-hydroxylation sites is 1. The molecule has 0 aliphatic rings. The minimum absolute atomic E-state index is 0.0119. The van der Waals surface area contributed by atoms with Gasteiger partial charge in [-0.2, -0.15) is 0 Å². The largest absolute Gasteiger partial charge is 0.383 e. The number of hydrogen-bond acceptors (Lipinski definition) is 5. The number of ether oxygens (including phenoxy) is 1. The summed E-state index contributed by atoms with van der Waals surface area (Å²) in [5, 5.41) is 11.2. The lowest BCUT2D eigenvalue weighted by Crippen LogP contribution is -2.46. The number of carbonyl (C=O) groups excluding carboxylic acids is 2. The molecule has 3 aromatic rings. The molecule has 0 saturated heterocycles. The van der Waals surface area contributed by atoms with Crippen LogP contribution in [0.3, 0.4) is 0 Å². The van der Waals surface area contributed by atoms with Crippen molar-refractivity contribution in [3.05, 3.63) is 59.7 Å². The molecule has 1 aromatic heterocycles. The van der Waals surface area contributed by atoms with E-state index in [1.54, 1.807) is 16.7 Å². The molecule has 0 bridgehead atoms. The third-order valence-corrected chi connectivity index (χ3v) is 5.43. The fourth-order valence-electron chi connectivity index (χ4n) is 3.70. The van der Waals surface area contributed by atoms with Gasteiger partial charge in [0.1, 0.15) is 18.1 Å². The van der Waals surface area contributed by atoms with Crippen LogP contribution in [-0.4, -0.2) is 58.5 Å². The molecular formula is C24H31N5O3. The molecule has 2 amide bonds. The zero-order valence-corrected chi connectivity index (χ0v) is 19.0. The number of carbonyl (C=O) groups is 2. The van der Waals surface area contributed by atoms with E-state index >= 15 is 0 Å². The maximum atomic E-state index is 13.6. The van der Waals surface area contributed by atoms with Gasteiger partial charge in [0, 0.05) is 20.2 Å². The van der Waals surface area contributed by atoms with Crippen LogP contribution in [0.1, 0.15) is 36.9 Å². The molecule has 0 spiro atoms. The topological polar surface area (TPSA) is 89.4 Å². The number of hydrogen-bond donors (Lipinski definition) is 1. The molecule has 8 nitrogen and oxygen atoms in total. The highest BCUT2D eigenvalue weighted by Crippen LogP contribution is 2.26. The number of aryl methyl sites for hydroxylation is 1. The lowest BCUT2D eigenvalue weighted by Gasteiger charge is -2.32. The van der Waals surface area contributed by atoms with Crippen LogP contribution in [0, 0.1) is 6.92 Å². The maximum absolute atomic E-state index is 13.6. The third-order valence-electron chi connectivity index (χ3n) is 5.43. The van der Waals surface area contributed by atoms with Gasteiger partial charge < -0.3 is 15.0 Å². The van der Waals surface area contributed by atoms with Gasteiger partial charge in [-0.05, 0) is 36.6 Å². The van der Waals surface area contributed by atoms with E-state index < -0.39 is 6.04 Å². The normalized spacial score (nSPS) is 12.0. The van der Waals surface area contributed by atoms with Gasteiger partial charge in [0.05, 0.1) is 12.1 Å². The number of fused-ring (bicyclic) bond motifs is 1. The Bertz CT molecular complexity index is 1050. The molecule has 3 rings (SSSR count). The molecule has 0 aliphatic carbocycles. The molecule has 0 radical (unpaired) electrons. The van der Waals surface area contributed by atoms with E-state index in [0.717, 1.165) is 35.0 Å². The quantitative estimate of drug-likeness (QED) is 0.466. The lowest BCUT2D eigenvalue weighted by molar-refractivity contribution is -0.141. The molecule has 0 fully saturated rings. The fourth-order valence-corrected chi connectivity index (χ4v) is 3.70. The van der Waals surface area contributed by atoms with Crippen molar-refractivity contribution in [2.45, 2.75) is 39.3 Å². The number of nitrogens with one attached hydrogen (secondary N) is 1. The number of rotatable bonds is 11. The van der Waals surface area contributed by atoms with E-state index in [0.29, 0.717) is 19.7 Å². The Morgan fingerprint density at radius 3 is 2.66 bits per heavy atom. The van der Waals surface area contributed by atoms with E-state index in [4.69, 9.17) is 4.74 Å². The molecule has 8 heteroatoms. The Labute approximate surface area is 188 Å². The zero-order chi connectivity index (χ0) is 22.9. The second-order valence-electron chi connectivity index (χ2n) is 7.72. The Kier molecular flexibility index (Phi) is 8.33. The van der Waals surface area contributed by atoms with Gasteiger partial charge in [-0.1, -0.05) is 55.0 Å². The summed E-state index contributed by atoms with van der Waals surface area (Å²) in [5.74, 6) is -0.395. The molecular weight excluding hydrogens is 406 g/mol. The van der Waals surface area contributed by atoms with Gasteiger partial charge in [0.2, 0.25) is 11.8 Å². The summed E-state index contributed by atoms with van der Waals surface area (Å²) < 4.78 is 6.66. The predicted octanol–water partition coefficient (Wildman–Crippen LogP) is 2.87. The summed E-state index contributed by atoms with van der Waals surface area (Å²) in [6.07, 6.45) is 1.69. The molecule has 32 heavy (non-hydrogen) atoms. The van der Waals surface area contributed by atoms with Crippen LogP contribution in [0.4, 0.5) is 0 Å². The van der Waals surface area contributed by atoms with Crippen LogP contribution in [-0.2, 0) is 20.9 Å². The molecule has 0 aliphatic heterocycles. The highest BCUT2D eigenvalue weighted by molar-refractivity contribution is 5.89. The minimum Gasteiger partial charge on any atom is -0.383 e. The van der Waals surface area contributed by atoms with E-state index in [9.17, 15) is 9.59 Å². The number of aromatic nitrogens is 3. The first kappa shape index (κ1) is 23.4. The molecule has 0 saturated carbocycles. The SMILES string of the molecule is CCCCN(C(=O)Cn1nnc2ccccc21)C(C(=O)NCCOC)c1ccccc1C. The van der Waals surface area contributed by atoms with Crippen molar-refractivity contribution in [1.29, 1.82) is 0 Å². The summed E-state index contributed by atoms with van der Waals surface area (Å²) in [6, 6.07) is 14.5. The standard InChI is InChI=1S/C24H31N5O3/c1-4-5-15-28(22(30)17-29-21-13-9-8-12-20(21)26-27-29)23(24(31)25-14-16-32-3)19-11-7-6-10-18(19)2/h6-13,23H,4-5,14-17H2,1-3H3,(H,25,31). The number of methoxy groups -OCH3 is 1. The molecule has 1 heterocycles. The maximum Gasteiger partial charge on any atom is 0.247 e. The molecule has 1 atom stereocenters. The first-order valence-corrected chi connectivity index (χ1v) is 11.0. The van der Waals surface area contributed by atoms with Gasteiger partial charge in [-0.3, -0.25) is 9.59 Å². The number of benzene rings is 2. The van der Waals surface area contributed by atoms with Crippen molar-refractivity contribution in [2.75, 3.05) is 26.8 Å². The van der Waals surface area contributed by atoms with Gasteiger partial charge in [0.15, 0.2) is 0 Å². The van der Waals surface area contributed by atoms with Crippen LogP contribution in [0.15, 0.2) is 48.5 Å². The first-order valence-electron chi connectivity index (χ1n) is 11.0. The average Bonchev–Trinajstić information content (AvgIpc) is 3.20. The second-order valence-corrected chi connectivity index (χ2v) is 7.72. The summed E-state index contributed by atoms with van der Waals surface area (Å²) >= 11 is 0. The predicted molar refractivity (Wildman–Crippen MR) is 123 cm³/mol. The fraction of sp³-hybridized carbons (Fsp3) is 0.417. The molecule has 2 aromatic carbocycles. The van der Waals surface area contributed by atoms with E-state index in [-0.39, 0.29) is 18.4 Å². The minimum atomic E-state index is -0.734. The van der Waals surface area contributed by atoms with Gasteiger partial charge in [0.25, 0.3) is 0 Å². The molecule has 1 N–H and O–H groups in total. The Hall–Kier alpha value is -3.26. The zero-order valence-electron chi connectivity index (χ0n) is 19.0. The summed E-state index contributed by atoms with van der Waals surface area (Å²) in [6.45, 7) is 5.28. The van der Waals surface area contributed by atoms with Crippen LogP contribution < -0.4 is 5.32 Å². The number of nitrogens with zero attached hydrogens (tertiary/aromatic N) is 4. The second kappa shape index (κ2) is 11.4. The van der Waals surface area contributed by atoms with Crippen molar-refractivity contribution in [1.82, 2.24) is 25.2 Å². The number of unbranched alkanes of at least 4 members (excludes halogenated alkanes) is 1. The summed E-state index contributed by atoms with van der Waals surface area (Å²) in [4.78, 5) is 28.5. The van der Waals surface area contributed by atoms with Crippen molar-refractivity contribution in [3.8, 4) is 0 Å². The van der Waals surface area contributed by atoms with Crippen LogP contribution in [0.2, 0.25) is 0 Å². The summed E-state index contributed by atoms with van der Waals surface area (Å²) in [7, 11) is 1.59. The highest BCUT2D eigenvalue weighted by atomic mass is 16.5. The Morgan fingerprint density at radius 1 is 1.16 bits per heavy atom. The van der Waals surface area contributed by atoms with Crippen LogP contribution in [0.25, 0.3) is 11.0 Å². The Morgan fingerprint density at radius 2 is 1.91 bits per heavy atom. The van der Waals surface area contributed by atoms with E-state index in [1.165, 1.54) is 0 Å². The summed E-state index contributed by atoms with van der Waals surface area (Å²) in [5.41, 5.74) is 3.29. The molecule has 1 unspecified atom stereocenters. The van der Waals surface area contributed by atoms with Crippen LogP contribution >= 0.6 is 0 Å². The van der Waals surface area contributed by atoms with Gasteiger partial charge >= 0.3 is 0 Å². The van der Waals surface area contributed by atoms with Crippen molar-refractivity contribution in [3.63, 3.8) is 0 Å². The monoisotopic (exact) mass is 437 g/mol. The smallest absolute Gasteiger partial charge is 0.247 e. The highest BCUT2D eigenvalue weighted by Gasteiger charge is 2.32. The average molecular weight is 438 g/mol. The molecule has 170 valence electrons. The van der Waals surface area contributed by atoms with Crippen molar-refractivity contribution >= 4 is 22.8 Å². The lowest BCUT2D eigenvalue weighted by atomic mass is 9.98. The van der Waals surface area contributed by atoms with Crippen LogP contribution in [0.5, 0.6) is 0 Å². The van der Waals surface area contributed by atoms with Crippen molar-refractivity contribution in [2.24, 2.45) is 0 Å². The third kappa shape index (κ3) is 5.50. The Balaban J connectivity index is 1.94. The number of amides is 2. The van der Waals surface area contributed by atoms with Gasteiger partial charge in [-0.25, -0.2) is 4.68 Å².